The van der Waals surface area contributed by atoms with Gasteiger partial charge < -0.3 is 10.2 Å². The Labute approximate surface area is 127 Å². The molecule has 1 atom stereocenters. The first-order valence-corrected chi connectivity index (χ1v) is 8.33. The van der Waals surface area contributed by atoms with Crippen molar-refractivity contribution in [2.24, 2.45) is 5.92 Å². The summed E-state index contributed by atoms with van der Waals surface area (Å²) in [6.07, 6.45) is 7.11. The third-order valence-electron chi connectivity index (χ3n) is 5.03. The van der Waals surface area contributed by atoms with E-state index in [9.17, 15) is 4.79 Å². The lowest BCUT2D eigenvalue weighted by Crippen LogP contribution is -2.28. The van der Waals surface area contributed by atoms with Gasteiger partial charge in [0, 0.05) is 18.8 Å². The lowest BCUT2D eigenvalue weighted by atomic mass is 9.90. The van der Waals surface area contributed by atoms with Crippen molar-refractivity contribution >= 4 is 11.6 Å². The van der Waals surface area contributed by atoms with Crippen molar-refractivity contribution in [3.8, 4) is 0 Å². The minimum Gasteiger partial charge on any atom is -0.315 e. The highest BCUT2D eigenvalue weighted by Crippen LogP contribution is 2.38. The first-order valence-electron chi connectivity index (χ1n) is 8.33. The number of benzene rings is 1. The van der Waals surface area contributed by atoms with E-state index in [1.807, 2.05) is 7.05 Å². The van der Waals surface area contributed by atoms with E-state index in [1.165, 1.54) is 36.8 Å². The summed E-state index contributed by atoms with van der Waals surface area (Å²) in [7, 11) is 1.87. The highest BCUT2D eigenvalue weighted by molar-refractivity contribution is 6.00. The normalized spacial score (nSPS) is 20.1. The zero-order valence-corrected chi connectivity index (χ0v) is 13.2. The summed E-state index contributed by atoms with van der Waals surface area (Å²) in [6.45, 7) is 3.28. The van der Waals surface area contributed by atoms with Gasteiger partial charge in [-0.05, 0) is 48.9 Å². The Morgan fingerprint density at radius 1 is 1.33 bits per heavy atom. The number of fused-ring (bicyclic) bond motifs is 1. The second-order valence-electron chi connectivity index (χ2n) is 6.49. The van der Waals surface area contributed by atoms with Crippen molar-refractivity contribution in [2.75, 3.05) is 18.5 Å². The van der Waals surface area contributed by atoms with Crippen LogP contribution in [0.4, 0.5) is 5.69 Å². The first kappa shape index (κ1) is 14.6. The molecule has 114 valence electrons. The van der Waals surface area contributed by atoms with Gasteiger partial charge in [-0.25, -0.2) is 0 Å². The van der Waals surface area contributed by atoms with Gasteiger partial charge in [0.05, 0.1) is 6.42 Å². The van der Waals surface area contributed by atoms with E-state index in [0.29, 0.717) is 12.5 Å². The van der Waals surface area contributed by atoms with Crippen LogP contribution in [0.15, 0.2) is 18.2 Å². The summed E-state index contributed by atoms with van der Waals surface area (Å²) in [4.78, 5) is 13.6. The van der Waals surface area contributed by atoms with Gasteiger partial charge in [-0.3, -0.25) is 4.79 Å². The van der Waals surface area contributed by atoms with Crippen molar-refractivity contribution in [3.63, 3.8) is 0 Å². The molecular weight excluding hydrogens is 260 g/mol. The molecule has 3 nitrogen and oxygen atoms in total. The van der Waals surface area contributed by atoms with Gasteiger partial charge in [-0.15, -0.1) is 0 Å². The maximum atomic E-state index is 11.9. The predicted molar refractivity (Wildman–Crippen MR) is 86.5 cm³/mol. The smallest absolute Gasteiger partial charge is 0.231 e. The van der Waals surface area contributed by atoms with Crippen LogP contribution in [0, 0.1) is 5.92 Å². The van der Waals surface area contributed by atoms with Crippen LogP contribution in [0.5, 0.6) is 0 Å². The number of hydrogen-bond donors (Lipinski definition) is 1. The number of nitrogens with zero attached hydrogens (tertiary/aromatic N) is 1. The molecule has 0 aromatic heterocycles. The van der Waals surface area contributed by atoms with E-state index in [4.69, 9.17) is 0 Å². The number of hydrogen-bond acceptors (Lipinski definition) is 2. The average Bonchev–Trinajstić information content (AvgIpc) is 3.09. The van der Waals surface area contributed by atoms with Gasteiger partial charge >= 0.3 is 0 Å². The van der Waals surface area contributed by atoms with Crippen molar-refractivity contribution in [1.29, 1.82) is 0 Å². The summed E-state index contributed by atoms with van der Waals surface area (Å²) in [6, 6.07) is 7.08. The van der Waals surface area contributed by atoms with E-state index in [0.717, 1.165) is 24.6 Å². The molecule has 1 amide bonds. The molecule has 1 aliphatic carbocycles. The highest BCUT2D eigenvalue weighted by Gasteiger charge is 2.29. The lowest BCUT2D eigenvalue weighted by Gasteiger charge is -2.26. The molecule has 1 fully saturated rings. The molecule has 0 radical (unpaired) electrons. The van der Waals surface area contributed by atoms with Crippen LogP contribution in [0.1, 0.15) is 56.2 Å². The van der Waals surface area contributed by atoms with Crippen molar-refractivity contribution in [3.05, 3.63) is 29.3 Å². The zero-order chi connectivity index (χ0) is 14.8. The van der Waals surface area contributed by atoms with Gasteiger partial charge in [0.25, 0.3) is 0 Å². The maximum Gasteiger partial charge on any atom is 0.231 e. The molecule has 1 aliphatic heterocycles. The Bertz CT molecular complexity index is 520. The largest absolute Gasteiger partial charge is 0.315 e. The second-order valence-corrected chi connectivity index (χ2v) is 6.49. The summed E-state index contributed by atoms with van der Waals surface area (Å²) in [5, 5.41) is 3.74. The second kappa shape index (κ2) is 6.18. The van der Waals surface area contributed by atoms with Gasteiger partial charge in [0.15, 0.2) is 0 Å². The van der Waals surface area contributed by atoms with Gasteiger partial charge in [-0.1, -0.05) is 31.9 Å². The Hall–Kier alpha value is -1.35. The van der Waals surface area contributed by atoms with Crippen LogP contribution in [0.2, 0.25) is 0 Å². The Morgan fingerprint density at radius 3 is 2.81 bits per heavy atom. The van der Waals surface area contributed by atoms with Crippen molar-refractivity contribution < 1.29 is 4.79 Å². The molecule has 1 unspecified atom stereocenters. The number of carbonyl (C=O) groups is 1. The van der Waals surface area contributed by atoms with E-state index in [-0.39, 0.29) is 5.91 Å². The molecule has 3 heteroatoms. The zero-order valence-electron chi connectivity index (χ0n) is 13.2. The predicted octanol–water partition coefficient (Wildman–Crippen LogP) is 3.44. The van der Waals surface area contributed by atoms with Crippen LogP contribution < -0.4 is 10.2 Å². The number of carbonyl (C=O) groups excluding carboxylic acids is 1. The molecule has 1 saturated carbocycles. The molecular formula is C18H26N2O. The number of anilines is 1. The molecule has 1 aromatic carbocycles. The van der Waals surface area contributed by atoms with Crippen LogP contribution in [-0.2, 0) is 11.2 Å². The Kier molecular flexibility index (Phi) is 4.29. The standard InChI is InChI=1S/C18H26N2O/c1-3-10-19-18(13-6-4-5-7-13)14-8-9-16-15(11-14)12-17(21)20(16)2/h8-9,11,13,18-19H,3-7,10,12H2,1-2H3. The number of likely N-dealkylation sites (N-methyl/N-ethyl adjacent to an activating group) is 1. The third-order valence-corrected chi connectivity index (χ3v) is 5.03. The van der Waals surface area contributed by atoms with E-state index in [1.54, 1.807) is 4.90 Å². The third kappa shape index (κ3) is 2.84. The minimum atomic E-state index is 0.209. The quantitative estimate of drug-likeness (QED) is 0.899. The molecule has 0 spiro atoms. The van der Waals surface area contributed by atoms with Crippen LogP contribution in [-0.4, -0.2) is 19.5 Å². The first-order chi connectivity index (χ1) is 10.2. The molecule has 21 heavy (non-hydrogen) atoms. The van der Waals surface area contributed by atoms with Crippen LogP contribution in [0.3, 0.4) is 0 Å². The molecule has 3 rings (SSSR count). The molecule has 1 N–H and O–H groups in total. The van der Waals surface area contributed by atoms with Crippen LogP contribution >= 0.6 is 0 Å². The molecule has 0 saturated heterocycles. The van der Waals surface area contributed by atoms with E-state index < -0.39 is 0 Å². The number of amides is 1. The summed E-state index contributed by atoms with van der Waals surface area (Å²) >= 11 is 0. The molecule has 1 heterocycles. The topological polar surface area (TPSA) is 32.3 Å². The fourth-order valence-corrected chi connectivity index (χ4v) is 3.83. The number of rotatable bonds is 5. The van der Waals surface area contributed by atoms with Crippen molar-refractivity contribution in [1.82, 2.24) is 5.32 Å². The SMILES string of the molecule is CCCNC(c1ccc2c(c1)CC(=O)N2C)C1CCCC1. The van der Waals surface area contributed by atoms with Crippen LogP contribution in [0.25, 0.3) is 0 Å². The minimum absolute atomic E-state index is 0.209. The van der Waals surface area contributed by atoms with Gasteiger partial charge in [0.2, 0.25) is 5.91 Å². The fraction of sp³-hybridized carbons (Fsp3) is 0.611. The van der Waals surface area contributed by atoms with E-state index in [2.05, 4.69) is 30.4 Å². The van der Waals surface area contributed by atoms with Gasteiger partial charge in [-0.2, -0.15) is 0 Å². The summed E-state index contributed by atoms with van der Waals surface area (Å²) in [5.74, 6) is 0.963. The Balaban J connectivity index is 1.85. The Morgan fingerprint density at radius 2 is 2.10 bits per heavy atom. The van der Waals surface area contributed by atoms with Crippen molar-refractivity contribution in [2.45, 2.75) is 51.5 Å². The molecule has 0 bridgehead atoms. The number of nitrogens with one attached hydrogen (secondary N) is 1. The molecule has 2 aliphatic rings. The lowest BCUT2D eigenvalue weighted by molar-refractivity contribution is -0.117. The monoisotopic (exact) mass is 286 g/mol. The summed E-state index contributed by atoms with van der Waals surface area (Å²) in [5.41, 5.74) is 3.66. The maximum absolute atomic E-state index is 11.9. The summed E-state index contributed by atoms with van der Waals surface area (Å²) < 4.78 is 0. The van der Waals surface area contributed by atoms with Gasteiger partial charge in [0.1, 0.15) is 0 Å². The van der Waals surface area contributed by atoms with E-state index >= 15 is 0 Å². The fourth-order valence-electron chi connectivity index (χ4n) is 3.83. The average molecular weight is 286 g/mol. The highest BCUT2D eigenvalue weighted by atomic mass is 16.2. The molecule has 1 aromatic rings.